The number of aromatic nitrogens is 2. The lowest BCUT2D eigenvalue weighted by Gasteiger charge is -2.08. The Morgan fingerprint density at radius 3 is 2.72 bits per heavy atom. The Morgan fingerprint density at radius 2 is 2.11 bits per heavy atom. The van der Waals surface area contributed by atoms with Gasteiger partial charge in [-0.25, -0.2) is 14.4 Å². The van der Waals surface area contributed by atoms with Crippen molar-refractivity contribution in [1.29, 1.82) is 0 Å². The number of benzene rings is 1. The molecular weight excluding hydrogens is 235 g/mol. The minimum absolute atomic E-state index is 0.0758. The molecule has 1 aromatic carbocycles. The molecule has 0 spiro atoms. The molecular formula is C12H11FN4O. The van der Waals surface area contributed by atoms with Gasteiger partial charge in [-0.2, -0.15) is 0 Å². The van der Waals surface area contributed by atoms with Crippen LogP contribution >= 0.6 is 0 Å². The van der Waals surface area contributed by atoms with Gasteiger partial charge in [0.05, 0.1) is 18.1 Å². The van der Waals surface area contributed by atoms with E-state index in [2.05, 4.69) is 15.3 Å². The van der Waals surface area contributed by atoms with Gasteiger partial charge in [0.2, 0.25) is 0 Å². The summed E-state index contributed by atoms with van der Waals surface area (Å²) < 4.78 is 13.5. The molecule has 0 unspecified atom stereocenters. The number of nitrogen functional groups attached to an aromatic ring is 1. The first kappa shape index (κ1) is 12.0. The van der Waals surface area contributed by atoms with Crippen molar-refractivity contribution >= 4 is 17.4 Å². The summed E-state index contributed by atoms with van der Waals surface area (Å²) in [5.74, 6) is -0.809. The molecule has 3 N–H and O–H groups in total. The molecule has 0 radical (unpaired) electrons. The van der Waals surface area contributed by atoms with E-state index in [1.807, 2.05) is 0 Å². The number of halogens is 1. The molecule has 0 fully saturated rings. The Bertz CT molecular complexity index is 563. The second kappa shape index (κ2) is 4.79. The Hall–Kier alpha value is -2.50. The largest absolute Gasteiger partial charge is 0.382 e. The maximum absolute atomic E-state index is 13.5. The molecule has 1 heterocycles. The Morgan fingerprint density at radius 1 is 1.33 bits per heavy atom. The maximum Gasteiger partial charge on any atom is 0.275 e. The summed E-state index contributed by atoms with van der Waals surface area (Å²) in [5, 5.41) is 2.46. The smallest absolute Gasteiger partial charge is 0.275 e. The molecule has 0 atom stereocenters. The van der Waals surface area contributed by atoms with Crippen molar-refractivity contribution < 1.29 is 9.18 Å². The highest BCUT2D eigenvalue weighted by atomic mass is 19.1. The highest BCUT2D eigenvalue weighted by Crippen LogP contribution is 2.19. The monoisotopic (exact) mass is 246 g/mol. The van der Waals surface area contributed by atoms with Crippen LogP contribution in [0.25, 0.3) is 0 Å². The van der Waals surface area contributed by atoms with Crippen molar-refractivity contribution in [3.05, 3.63) is 47.7 Å². The van der Waals surface area contributed by atoms with Crippen LogP contribution in [0.15, 0.2) is 30.6 Å². The SMILES string of the molecule is Cc1cccc(F)c1NC(=O)c1cnc(N)cn1. The average Bonchev–Trinajstić information content (AvgIpc) is 2.34. The van der Waals surface area contributed by atoms with Gasteiger partial charge in [0.1, 0.15) is 17.3 Å². The normalized spacial score (nSPS) is 10.1. The third kappa shape index (κ3) is 2.42. The lowest BCUT2D eigenvalue weighted by atomic mass is 10.2. The van der Waals surface area contributed by atoms with Crippen LogP contribution in [0.3, 0.4) is 0 Å². The summed E-state index contributed by atoms with van der Waals surface area (Å²) in [5.41, 5.74) is 6.21. The predicted molar refractivity (Wildman–Crippen MR) is 65.5 cm³/mol. The average molecular weight is 246 g/mol. The fourth-order valence-electron chi connectivity index (χ4n) is 1.42. The maximum atomic E-state index is 13.5. The number of amides is 1. The standard InChI is InChI=1S/C12H11FN4O/c1-7-3-2-4-8(13)11(7)17-12(18)9-5-16-10(14)6-15-9/h2-6H,1H3,(H2,14,16)(H,17,18). The zero-order chi connectivity index (χ0) is 13.1. The zero-order valence-corrected chi connectivity index (χ0v) is 9.64. The number of rotatable bonds is 2. The first-order valence-corrected chi connectivity index (χ1v) is 5.22. The summed E-state index contributed by atoms with van der Waals surface area (Å²) >= 11 is 0. The molecule has 0 saturated heterocycles. The summed E-state index contributed by atoms with van der Waals surface area (Å²) in [6.45, 7) is 1.70. The Balaban J connectivity index is 2.24. The van der Waals surface area contributed by atoms with E-state index < -0.39 is 11.7 Å². The number of carbonyl (C=O) groups is 1. The molecule has 6 heteroatoms. The minimum Gasteiger partial charge on any atom is -0.382 e. The second-order valence-electron chi connectivity index (χ2n) is 3.71. The van der Waals surface area contributed by atoms with E-state index >= 15 is 0 Å². The molecule has 0 aliphatic rings. The number of nitrogens with one attached hydrogen (secondary N) is 1. The van der Waals surface area contributed by atoms with Crippen LogP contribution in [0.4, 0.5) is 15.9 Å². The van der Waals surface area contributed by atoms with Gasteiger partial charge in [-0.05, 0) is 18.6 Å². The molecule has 1 amide bonds. The third-order valence-electron chi connectivity index (χ3n) is 2.36. The van der Waals surface area contributed by atoms with E-state index in [-0.39, 0.29) is 17.2 Å². The predicted octanol–water partition coefficient (Wildman–Crippen LogP) is 1.76. The molecule has 2 aromatic rings. The number of nitrogens with zero attached hydrogens (tertiary/aromatic N) is 2. The van der Waals surface area contributed by atoms with Gasteiger partial charge in [-0.1, -0.05) is 12.1 Å². The third-order valence-corrected chi connectivity index (χ3v) is 2.36. The molecule has 18 heavy (non-hydrogen) atoms. The van der Waals surface area contributed by atoms with E-state index in [1.165, 1.54) is 18.5 Å². The van der Waals surface area contributed by atoms with E-state index in [9.17, 15) is 9.18 Å². The summed E-state index contributed by atoms with van der Waals surface area (Å²) in [6, 6.07) is 4.55. The number of hydrogen-bond donors (Lipinski definition) is 2. The van der Waals surface area contributed by atoms with Crippen molar-refractivity contribution in [1.82, 2.24) is 9.97 Å². The molecule has 5 nitrogen and oxygen atoms in total. The van der Waals surface area contributed by atoms with Crippen LogP contribution in [-0.4, -0.2) is 15.9 Å². The van der Waals surface area contributed by atoms with Gasteiger partial charge < -0.3 is 11.1 Å². The second-order valence-corrected chi connectivity index (χ2v) is 3.71. The van der Waals surface area contributed by atoms with Crippen molar-refractivity contribution in [2.75, 3.05) is 11.1 Å². The van der Waals surface area contributed by atoms with Crippen molar-refractivity contribution in [3.8, 4) is 0 Å². The number of carbonyl (C=O) groups excluding carboxylic acids is 1. The molecule has 92 valence electrons. The minimum atomic E-state index is -0.532. The van der Waals surface area contributed by atoms with Crippen molar-refractivity contribution in [3.63, 3.8) is 0 Å². The van der Waals surface area contributed by atoms with E-state index in [0.717, 1.165) is 0 Å². The van der Waals surface area contributed by atoms with Gasteiger partial charge in [-0.15, -0.1) is 0 Å². The summed E-state index contributed by atoms with van der Waals surface area (Å²) in [7, 11) is 0. The molecule has 0 aliphatic carbocycles. The van der Waals surface area contributed by atoms with E-state index in [0.29, 0.717) is 5.56 Å². The highest BCUT2D eigenvalue weighted by molar-refractivity contribution is 6.03. The lowest BCUT2D eigenvalue weighted by Crippen LogP contribution is -2.16. The van der Waals surface area contributed by atoms with Crippen LogP contribution in [0.1, 0.15) is 16.1 Å². The first-order valence-electron chi connectivity index (χ1n) is 5.22. The molecule has 0 aliphatic heterocycles. The van der Waals surface area contributed by atoms with Gasteiger partial charge in [0.25, 0.3) is 5.91 Å². The van der Waals surface area contributed by atoms with Gasteiger partial charge in [0.15, 0.2) is 0 Å². The van der Waals surface area contributed by atoms with Crippen molar-refractivity contribution in [2.45, 2.75) is 6.92 Å². The van der Waals surface area contributed by atoms with Crippen LogP contribution in [-0.2, 0) is 0 Å². The first-order chi connectivity index (χ1) is 8.58. The molecule has 2 rings (SSSR count). The van der Waals surface area contributed by atoms with Crippen LogP contribution in [0, 0.1) is 12.7 Å². The molecule has 1 aromatic heterocycles. The molecule has 0 saturated carbocycles. The molecule has 0 bridgehead atoms. The number of aryl methyl sites for hydroxylation is 1. The number of anilines is 2. The Labute approximate surface area is 103 Å². The summed E-state index contributed by atoms with van der Waals surface area (Å²) in [4.78, 5) is 19.4. The van der Waals surface area contributed by atoms with Crippen LogP contribution in [0.2, 0.25) is 0 Å². The Kier molecular flexibility index (Phi) is 3.18. The van der Waals surface area contributed by atoms with Crippen molar-refractivity contribution in [2.24, 2.45) is 0 Å². The quantitative estimate of drug-likeness (QED) is 0.846. The zero-order valence-electron chi connectivity index (χ0n) is 9.64. The lowest BCUT2D eigenvalue weighted by molar-refractivity contribution is 0.102. The fraction of sp³-hybridized carbons (Fsp3) is 0.0833. The topological polar surface area (TPSA) is 80.9 Å². The fourth-order valence-corrected chi connectivity index (χ4v) is 1.42. The number of para-hydroxylation sites is 1. The van der Waals surface area contributed by atoms with Gasteiger partial charge in [-0.3, -0.25) is 4.79 Å². The number of hydrogen-bond acceptors (Lipinski definition) is 4. The highest BCUT2D eigenvalue weighted by Gasteiger charge is 2.12. The van der Waals surface area contributed by atoms with Crippen LogP contribution < -0.4 is 11.1 Å². The van der Waals surface area contributed by atoms with E-state index in [1.54, 1.807) is 19.1 Å². The van der Waals surface area contributed by atoms with Gasteiger partial charge in [0, 0.05) is 0 Å². The van der Waals surface area contributed by atoms with Gasteiger partial charge >= 0.3 is 0 Å². The van der Waals surface area contributed by atoms with Crippen LogP contribution in [0.5, 0.6) is 0 Å². The van der Waals surface area contributed by atoms with E-state index in [4.69, 9.17) is 5.73 Å². The summed E-state index contributed by atoms with van der Waals surface area (Å²) in [6.07, 6.45) is 2.50. The number of nitrogens with two attached hydrogens (primary N) is 1.